The van der Waals surface area contributed by atoms with E-state index in [1.807, 2.05) is 52.8 Å². The first-order valence-corrected chi connectivity index (χ1v) is 18.5. The van der Waals surface area contributed by atoms with Crippen molar-refractivity contribution in [3.8, 4) is 5.75 Å². The van der Waals surface area contributed by atoms with Crippen LogP contribution in [-0.4, -0.2) is 68.9 Å². The quantitative estimate of drug-likeness (QED) is 0.0515. The number of aromatic nitrogens is 3. The number of carbonyl (C=O) groups is 2. The third-order valence-corrected chi connectivity index (χ3v) is 11.1. The zero-order valence-electron chi connectivity index (χ0n) is 27.8. The normalized spacial score (nSPS) is 15.4. The topological polar surface area (TPSA) is 162 Å². The van der Waals surface area contributed by atoms with Gasteiger partial charge in [-0.3, -0.25) is 4.79 Å². The summed E-state index contributed by atoms with van der Waals surface area (Å²) in [5.74, 6) is -0.672. The molecular weight excluding hydrogens is 677 g/mol. The Balaban J connectivity index is 1.02. The van der Waals surface area contributed by atoms with Crippen LogP contribution in [0.4, 0.5) is 11.4 Å². The molecule has 0 radical (unpaired) electrons. The molecular formula is C36H42N6O6S2. The summed E-state index contributed by atoms with van der Waals surface area (Å²) in [5, 5.41) is 50.5. The van der Waals surface area contributed by atoms with Crippen molar-refractivity contribution in [2.24, 2.45) is 0 Å². The number of hydrogen-bond acceptors (Lipinski definition) is 12. The summed E-state index contributed by atoms with van der Waals surface area (Å²) in [7, 11) is 1.99. The number of thiophene rings is 2. The van der Waals surface area contributed by atoms with Gasteiger partial charge in [0.2, 0.25) is 12.0 Å². The van der Waals surface area contributed by atoms with Crippen molar-refractivity contribution in [3.05, 3.63) is 86.2 Å². The van der Waals surface area contributed by atoms with Gasteiger partial charge >= 0.3 is 5.97 Å². The third-order valence-electron chi connectivity index (χ3n) is 9.11. The number of fused-ring (bicyclic) bond motifs is 1. The van der Waals surface area contributed by atoms with E-state index in [0.29, 0.717) is 34.8 Å². The second-order valence-corrected chi connectivity index (χ2v) is 14.5. The number of amides is 1. The van der Waals surface area contributed by atoms with Gasteiger partial charge in [-0.25, -0.2) is 9.48 Å². The first-order valence-electron chi connectivity index (χ1n) is 16.8. The van der Waals surface area contributed by atoms with E-state index in [2.05, 4.69) is 25.8 Å². The fourth-order valence-electron chi connectivity index (χ4n) is 6.23. The summed E-state index contributed by atoms with van der Waals surface area (Å²) in [6.45, 7) is 2.15. The summed E-state index contributed by atoms with van der Waals surface area (Å²) in [4.78, 5) is 27.5. The van der Waals surface area contributed by atoms with Crippen molar-refractivity contribution in [2.75, 3.05) is 30.4 Å². The van der Waals surface area contributed by atoms with E-state index in [1.54, 1.807) is 18.2 Å². The zero-order chi connectivity index (χ0) is 35.1. The average molecular weight is 719 g/mol. The lowest BCUT2D eigenvalue weighted by Crippen LogP contribution is -2.39. The number of aliphatic hydroxyl groups is 2. The third kappa shape index (κ3) is 8.00. The van der Waals surface area contributed by atoms with E-state index < -0.39 is 17.7 Å². The molecule has 5 N–H and O–H groups in total. The molecule has 12 nitrogen and oxygen atoms in total. The number of anilines is 2. The lowest BCUT2D eigenvalue weighted by molar-refractivity contribution is -0.168. The fraction of sp³-hybridized carbons (Fsp3) is 0.389. The van der Waals surface area contributed by atoms with E-state index in [-0.39, 0.29) is 24.1 Å². The van der Waals surface area contributed by atoms with Gasteiger partial charge in [0.15, 0.2) is 0 Å². The lowest BCUT2D eigenvalue weighted by Gasteiger charge is -2.28. The molecule has 2 aromatic carbocycles. The Bertz CT molecular complexity index is 1890. The molecule has 1 amide bonds. The van der Waals surface area contributed by atoms with Crippen LogP contribution in [0.15, 0.2) is 65.4 Å². The van der Waals surface area contributed by atoms with E-state index in [9.17, 15) is 24.9 Å². The Morgan fingerprint density at radius 2 is 1.98 bits per heavy atom. The lowest BCUT2D eigenvalue weighted by atomic mass is 9.96. The van der Waals surface area contributed by atoms with Crippen LogP contribution in [0, 0.1) is 0 Å². The Morgan fingerprint density at radius 1 is 1.14 bits per heavy atom. The number of phenolic OH excluding ortho intramolecular Hbond substituents is 1. The maximum Gasteiger partial charge on any atom is 0.349 e. The molecule has 0 bridgehead atoms. The van der Waals surface area contributed by atoms with Crippen molar-refractivity contribution < 1.29 is 29.6 Å². The average Bonchev–Trinajstić information content (AvgIpc) is 3.92. The van der Waals surface area contributed by atoms with Gasteiger partial charge < -0.3 is 35.6 Å². The summed E-state index contributed by atoms with van der Waals surface area (Å²) < 4.78 is 7.76. The minimum Gasteiger partial charge on any atom is -0.506 e. The first kappa shape index (κ1) is 35.5. The van der Waals surface area contributed by atoms with Gasteiger partial charge in [0, 0.05) is 44.3 Å². The van der Waals surface area contributed by atoms with Crippen LogP contribution in [0.1, 0.15) is 65.5 Å². The molecule has 1 fully saturated rings. The van der Waals surface area contributed by atoms with Crippen LogP contribution < -0.4 is 15.5 Å². The number of carbonyl (C=O) groups excluding carboxylic acids is 2. The summed E-state index contributed by atoms with van der Waals surface area (Å²) in [6, 6.07) is 16.1. The number of aliphatic hydroxyl groups excluding tert-OH is 1. The number of aryl methyl sites for hydroxylation is 1. The Kier molecular flexibility index (Phi) is 11.4. The van der Waals surface area contributed by atoms with Crippen LogP contribution in [-0.2, 0) is 33.0 Å². The molecule has 14 heteroatoms. The highest BCUT2D eigenvalue weighted by molar-refractivity contribution is 7.12. The maximum atomic E-state index is 13.5. The van der Waals surface area contributed by atoms with Crippen molar-refractivity contribution in [1.82, 2.24) is 20.3 Å². The van der Waals surface area contributed by atoms with Gasteiger partial charge in [0.05, 0.1) is 27.1 Å². The van der Waals surface area contributed by atoms with Crippen molar-refractivity contribution >= 4 is 57.5 Å². The Hall–Kier alpha value is -4.34. The predicted octanol–water partition coefficient (Wildman–Crippen LogP) is 5.29. The molecule has 0 aliphatic heterocycles. The highest BCUT2D eigenvalue weighted by Crippen LogP contribution is 2.40. The monoisotopic (exact) mass is 718 g/mol. The van der Waals surface area contributed by atoms with E-state index in [4.69, 9.17) is 4.74 Å². The second kappa shape index (κ2) is 16.1. The molecule has 1 saturated carbocycles. The number of phenols is 1. The van der Waals surface area contributed by atoms with Crippen molar-refractivity contribution in [2.45, 2.75) is 69.4 Å². The van der Waals surface area contributed by atoms with Crippen LogP contribution in [0.25, 0.3) is 11.0 Å². The highest BCUT2D eigenvalue weighted by Gasteiger charge is 2.45. The molecule has 264 valence electrons. The fourth-order valence-corrected chi connectivity index (χ4v) is 8.17. The van der Waals surface area contributed by atoms with Gasteiger partial charge in [-0.05, 0) is 85.0 Å². The van der Waals surface area contributed by atoms with Gasteiger partial charge in [-0.15, -0.1) is 27.8 Å². The van der Waals surface area contributed by atoms with E-state index >= 15 is 0 Å². The maximum absolute atomic E-state index is 13.5. The van der Waals surface area contributed by atoms with Crippen LogP contribution >= 0.6 is 22.7 Å². The van der Waals surface area contributed by atoms with Gasteiger partial charge in [0.25, 0.3) is 0 Å². The minimum absolute atomic E-state index is 0.0702. The molecule has 3 aromatic heterocycles. The molecule has 2 atom stereocenters. The number of nitrogens with one attached hydrogen (secondary N) is 2. The number of hydrogen-bond donors (Lipinski definition) is 5. The number of aromatic hydroxyl groups is 1. The number of rotatable bonds is 16. The number of benzene rings is 2. The predicted molar refractivity (Wildman–Crippen MR) is 194 cm³/mol. The SMILES string of the molecule is CN(CCCn1nnc2cc(CNC[C@H](O)c3ccc(O)c(NC=O)c3)ccc21)c1csc(C(O)(C(=O)OC2CCCCC2)c2cccs2)c1. The van der Waals surface area contributed by atoms with Gasteiger partial charge in [0.1, 0.15) is 17.4 Å². The summed E-state index contributed by atoms with van der Waals surface area (Å²) in [5.41, 5.74) is 2.57. The number of ether oxygens (including phenoxy) is 1. The largest absolute Gasteiger partial charge is 0.506 e. The Labute approximate surface area is 298 Å². The van der Waals surface area contributed by atoms with Crippen molar-refractivity contribution in [3.63, 3.8) is 0 Å². The molecule has 6 rings (SSSR count). The highest BCUT2D eigenvalue weighted by atomic mass is 32.1. The first-order chi connectivity index (χ1) is 24.3. The van der Waals surface area contributed by atoms with E-state index in [1.165, 1.54) is 28.7 Å². The molecule has 0 spiro atoms. The number of esters is 1. The van der Waals surface area contributed by atoms with Gasteiger partial charge in [-0.2, -0.15) is 0 Å². The molecule has 3 heterocycles. The zero-order valence-corrected chi connectivity index (χ0v) is 29.5. The van der Waals surface area contributed by atoms with Crippen LogP contribution in [0.3, 0.4) is 0 Å². The van der Waals surface area contributed by atoms with E-state index in [0.717, 1.165) is 67.4 Å². The summed E-state index contributed by atoms with van der Waals surface area (Å²) in [6.07, 6.45) is 5.18. The molecule has 1 unspecified atom stereocenters. The second-order valence-electron chi connectivity index (χ2n) is 12.6. The minimum atomic E-state index is -1.84. The van der Waals surface area contributed by atoms with Crippen LogP contribution in [0.5, 0.6) is 5.75 Å². The van der Waals surface area contributed by atoms with Crippen molar-refractivity contribution in [1.29, 1.82) is 0 Å². The molecule has 5 aromatic rings. The Morgan fingerprint density at radius 3 is 2.76 bits per heavy atom. The standard InChI is InChI=1S/C36H42N6O6S2/c1-41(26-19-34(50-22-26)36(47,33-9-5-16-49-33)35(46)48-27-7-3-2-4-8-27)14-6-15-42-30-12-10-24(17-28(30)39-40-42)20-37-21-32(45)25-11-13-31(44)29(18-25)38-23-43/h5,9-13,16-19,22-23,27,32,37,44-45,47H,2-4,6-8,14-15,20-21H2,1H3,(H,38,43)/t32-,36?/m0/s1. The molecule has 1 aliphatic rings. The van der Waals surface area contributed by atoms with Crippen LogP contribution in [0.2, 0.25) is 0 Å². The summed E-state index contributed by atoms with van der Waals surface area (Å²) >= 11 is 2.71. The van der Waals surface area contributed by atoms with Gasteiger partial charge in [-0.1, -0.05) is 29.8 Å². The number of nitrogens with zero attached hydrogens (tertiary/aromatic N) is 4. The molecule has 0 saturated heterocycles. The molecule has 50 heavy (non-hydrogen) atoms. The smallest absolute Gasteiger partial charge is 0.349 e. The molecule has 1 aliphatic carbocycles.